The number of thiazole rings is 1. The first-order valence-electron chi connectivity index (χ1n) is 10.6. The lowest BCUT2D eigenvalue weighted by molar-refractivity contribution is -0.149. The molecule has 7 atom stereocenters. The summed E-state index contributed by atoms with van der Waals surface area (Å²) in [4.78, 5) is 54.3. The third kappa shape index (κ3) is 2.78. The second-order valence-corrected chi connectivity index (χ2v) is 11.3. The van der Waals surface area contributed by atoms with Crippen LogP contribution >= 0.6 is 23.1 Å². The molecule has 0 spiro atoms. The Bertz CT molecular complexity index is 1270. The Balaban J connectivity index is 1.46. The number of likely N-dealkylation sites (tertiary alicyclic amines) is 1. The highest BCUT2D eigenvalue weighted by Crippen LogP contribution is 2.68. The number of ether oxygens (including phenoxy) is 1. The zero-order valence-corrected chi connectivity index (χ0v) is 19.0. The fourth-order valence-electron chi connectivity index (χ4n) is 6.63. The van der Waals surface area contributed by atoms with Gasteiger partial charge in [-0.3, -0.25) is 24.1 Å². The number of hydrogen-bond donors (Lipinski definition) is 3. The van der Waals surface area contributed by atoms with Crippen LogP contribution < -0.4 is 9.61 Å². The summed E-state index contributed by atoms with van der Waals surface area (Å²) in [6, 6.07) is 5.14. The summed E-state index contributed by atoms with van der Waals surface area (Å²) in [5.41, 5.74) is 0.875. The van der Waals surface area contributed by atoms with Crippen LogP contribution in [0.2, 0.25) is 0 Å². The van der Waals surface area contributed by atoms with Crippen molar-refractivity contribution in [1.82, 2.24) is 9.88 Å². The second-order valence-electron chi connectivity index (χ2n) is 9.05. The molecule has 1 aromatic carbocycles. The number of aliphatic carboxylic acids is 1. The highest BCUT2D eigenvalue weighted by atomic mass is 32.2. The quantitative estimate of drug-likeness (QED) is 0.553. The number of phenolic OH excluding ortho intramolecular Hbond substituents is 1. The zero-order chi connectivity index (χ0) is 23.2. The smallest absolute Gasteiger partial charge is 0.323 e. The van der Waals surface area contributed by atoms with Gasteiger partial charge in [0.25, 0.3) is 0 Å². The van der Waals surface area contributed by atoms with Gasteiger partial charge in [0.1, 0.15) is 6.54 Å². The molecule has 9 nitrogen and oxygen atoms in total. The predicted octanol–water partition coefficient (Wildman–Crippen LogP) is 1.71. The third-order valence-electron chi connectivity index (χ3n) is 7.67. The molecule has 0 radical (unpaired) electrons. The number of methoxy groups -OCH3 is 1. The van der Waals surface area contributed by atoms with Crippen molar-refractivity contribution in [3.05, 3.63) is 38.3 Å². The minimum atomic E-state index is -1.20. The van der Waals surface area contributed by atoms with Gasteiger partial charge in [-0.15, -0.1) is 11.8 Å². The van der Waals surface area contributed by atoms with E-state index in [9.17, 15) is 29.4 Å². The number of benzene rings is 1. The van der Waals surface area contributed by atoms with Gasteiger partial charge in [0, 0.05) is 16.0 Å². The molecule has 2 amide bonds. The molecule has 4 aliphatic rings. The van der Waals surface area contributed by atoms with Gasteiger partial charge >= 0.3 is 10.8 Å². The van der Waals surface area contributed by atoms with Crippen LogP contribution in [-0.4, -0.2) is 56.8 Å². The van der Waals surface area contributed by atoms with Crippen molar-refractivity contribution in [3.8, 4) is 11.5 Å². The largest absolute Gasteiger partial charge is 0.504 e. The number of thioether (sulfide) groups is 1. The molecule has 2 aliphatic carbocycles. The number of aromatic hydroxyl groups is 1. The maximum absolute atomic E-state index is 13.2. The van der Waals surface area contributed by atoms with E-state index in [1.165, 1.54) is 7.11 Å². The average Bonchev–Trinajstić information content (AvgIpc) is 3.49. The molecule has 3 fully saturated rings. The number of rotatable bonds is 4. The van der Waals surface area contributed by atoms with E-state index in [4.69, 9.17) is 4.74 Å². The highest BCUT2D eigenvalue weighted by molar-refractivity contribution is 8.00. The van der Waals surface area contributed by atoms with Crippen LogP contribution in [0.15, 0.2) is 28.0 Å². The van der Waals surface area contributed by atoms with Gasteiger partial charge in [-0.1, -0.05) is 17.4 Å². The van der Waals surface area contributed by atoms with Crippen molar-refractivity contribution < 1.29 is 29.3 Å². The van der Waals surface area contributed by atoms with E-state index in [1.54, 1.807) is 23.9 Å². The summed E-state index contributed by atoms with van der Waals surface area (Å²) >= 11 is 2.71. The first-order valence-corrected chi connectivity index (χ1v) is 12.3. The van der Waals surface area contributed by atoms with Crippen molar-refractivity contribution in [1.29, 1.82) is 0 Å². The van der Waals surface area contributed by atoms with Crippen LogP contribution in [0.5, 0.6) is 11.5 Å². The Morgan fingerprint density at radius 3 is 2.64 bits per heavy atom. The van der Waals surface area contributed by atoms with E-state index in [-0.39, 0.29) is 45.5 Å². The molecule has 2 saturated carbocycles. The number of carboxylic acids is 1. The number of fused-ring (bicyclic) bond motifs is 9. The lowest BCUT2D eigenvalue weighted by atomic mass is 9.68. The van der Waals surface area contributed by atoms with Crippen LogP contribution in [0.25, 0.3) is 0 Å². The number of H-pyrrole nitrogens is 1. The average molecular weight is 489 g/mol. The summed E-state index contributed by atoms with van der Waals surface area (Å²) in [6.45, 7) is -0.605. The van der Waals surface area contributed by atoms with E-state index in [2.05, 4.69) is 4.98 Å². The molecule has 1 saturated heterocycles. The maximum Gasteiger partial charge on any atom is 0.323 e. The summed E-state index contributed by atoms with van der Waals surface area (Å²) in [5, 5.41) is 20.1. The number of carbonyl (C=O) groups is 3. The van der Waals surface area contributed by atoms with E-state index < -0.39 is 30.3 Å². The van der Waals surface area contributed by atoms with Crippen molar-refractivity contribution in [2.24, 2.45) is 29.6 Å². The fourth-order valence-corrected chi connectivity index (χ4v) is 9.52. The molecule has 172 valence electrons. The molecule has 2 aromatic rings. The number of aromatic nitrogens is 1. The number of aromatic amines is 1. The number of carboxylic acid groups (broad SMARTS) is 1. The predicted molar refractivity (Wildman–Crippen MR) is 118 cm³/mol. The lowest BCUT2D eigenvalue weighted by Gasteiger charge is -2.43. The van der Waals surface area contributed by atoms with Crippen LogP contribution in [0, 0.1) is 29.6 Å². The monoisotopic (exact) mass is 488 g/mol. The molecule has 11 heteroatoms. The molecular weight excluding hydrogens is 468 g/mol. The fraction of sp³-hybridized carbons (Fsp3) is 0.455. The molecule has 3 heterocycles. The third-order valence-corrected chi connectivity index (χ3v) is 10.3. The Morgan fingerprint density at radius 1 is 1.21 bits per heavy atom. The first kappa shape index (κ1) is 20.8. The van der Waals surface area contributed by atoms with Crippen molar-refractivity contribution in [3.63, 3.8) is 0 Å². The highest BCUT2D eigenvalue weighted by Gasteiger charge is 2.69. The number of hydrogen-bond acceptors (Lipinski definition) is 8. The van der Waals surface area contributed by atoms with Gasteiger partial charge in [-0.25, -0.2) is 0 Å². The minimum Gasteiger partial charge on any atom is -0.504 e. The number of carbonyl (C=O) groups excluding carboxylic acids is 2. The first-order chi connectivity index (χ1) is 15.8. The SMILES string of the molecule is COc1cc([C@@H]2c3sc(=O)[nH]c3S[C@@H]3[C@H]4C[C@@H]([C@@H]5C(=O)N(CC(=O)O)C(=O)[C@@H]45)[C@H]23)ccc1O. The number of imide groups is 1. The van der Waals surface area contributed by atoms with Crippen LogP contribution in [0.1, 0.15) is 22.8 Å². The number of phenols is 1. The van der Waals surface area contributed by atoms with Gasteiger partial charge in [-0.2, -0.15) is 0 Å². The summed E-state index contributed by atoms with van der Waals surface area (Å²) in [7, 11) is 1.47. The number of amides is 2. The summed E-state index contributed by atoms with van der Waals surface area (Å²) in [5.74, 6) is -3.03. The number of nitrogens with one attached hydrogen (secondary N) is 1. The Labute approximate surface area is 195 Å². The Hall–Kier alpha value is -2.79. The Kier molecular flexibility index (Phi) is 4.47. The second kappa shape index (κ2) is 7.10. The van der Waals surface area contributed by atoms with Gasteiger partial charge in [-0.05, 0) is 41.9 Å². The van der Waals surface area contributed by atoms with E-state index in [1.807, 2.05) is 6.07 Å². The molecule has 33 heavy (non-hydrogen) atoms. The van der Waals surface area contributed by atoms with Gasteiger partial charge in [0.15, 0.2) is 11.5 Å². The van der Waals surface area contributed by atoms with Crippen LogP contribution in [0.4, 0.5) is 0 Å². The van der Waals surface area contributed by atoms with Crippen molar-refractivity contribution >= 4 is 40.9 Å². The van der Waals surface area contributed by atoms with Gasteiger partial charge < -0.3 is 19.9 Å². The van der Waals surface area contributed by atoms with Crippen molar-refractivity contribution in [2.45, 2.75) is 22.6 Å². The Morgan fingerprint density at radius 2 is 1.94 bits per heavy atom. The van der Waals surface area contributed by atoms with E-state index in [0.717, 1.165) is 38.1 Å². The summed E-state index contributed by atoms with van der Waals surface area (Å²) in [6.07, 6.45) is 0.723. The van der Waals surface area contributed by atoms with Crippen molar-refractivity contribution in [2.75, 3.05) is 13.7 Å². The molecular formula is C22H20N2O7S2. The normalized spacial score (nSPS) is 33.7. The zero-order valence-electron chi connectivity index (χ0n) is 17.4. The standard InChI is InChI=1S/C22H20N2O7S2/c1-31-11-4-7(2-3-10(11)25)13-14-8-5-9(17(14)32-19-18(13)33-22(30)23-19)16-15(8)20(28)24(21(16)29)6-12(26)27/h2-4,8-9,13-17,25H,5-6H2,1H3,(H,23,30)(H,26,27)/t8-,9+,13+,14-,15+,16+,17-/m1/s1. The minimum absolute atomic E-state index is 0.00372. The maximum atomic E-state index is 13.2. The van der Waals surface area contributed by atoms with Crippen LogP contribution in [0.3, 0.4) is 0 Å². The summed E-state index contributed by atoms with van der Waals surface area (Å²) < 4.78 is 5.31. The van der Waals surface area contributed by atoms with E-state index >= 15 is 0 Å². The lowest BCUT2D eigenvalue weighted by Crippen LogP contribution is -2.42. The number of nitrogens with zero attached hydrogens (tertiary/aromatic N) is 1. The molecule has 1 aromatic heterocycles. The van der Waals surface area contributed by atoms with Gasteiger partial charge in [0.05, 0.1) is 24.0 Å². The van der Waals surface area contributed by atoms with Gasteiger partial charge in [0.2, 0.25) is 11.8 Å². The topological polar surface area (TPSA) is 137 Å². The molecule has 2 bridgehead atoms. The van der Waals surface area contributed by atoms with E-state index in [0.29, 0.717) is 5.75 Å². The van der Waals surface area contributed by atoms with Crippen LogP contribution in [-0.2, 0) is 14.4 Å². The molecule has 3 N–H and O–H groups in total. The molecule has 0 unspecified atom stereocenters. The molecule has 2 aliphatic heterocycles. The molecule has 6 rings (SSSR count).